The van der Waals surface area contributed by atoms with Gasteiger partial charge in [-0.2, -0.15) is 0 Å². The first-order valence-electron chi connectivity index (χ1n) is 5.56. The minimum Gasteiger partial charge on any atom is -0.496 e. The molecular weight excluding hydrogens is 268 g/mol. The largest absolute Gasteiger partial charge is 0.496 e. The highest BCUT2D eigenvalue weighted by molar-refractivity contribution is 9.10. The molecule has 0 aromatic heterocycles. The van der Waals surface area contributed by atoms with Crippen LogP contribution in [0.25, 0.3) is 0 Å². The van der Waals surface area contributed by atoms with Crippen molar-refractivity contribution in [1.29, 1.82) is 0 Å². The van der Waals surface area contributed by atoms with Gasteiger partial charge in [-0.3, -0.25) is 0 Å². The van der Waals surface area contributed by atoms with E-state index in [1.807, 2.05) is 18.2 Å². The summed E-state index contributed by atoms with van der Waals surface area (Å²) in [7, 11) is 1.63. The molecule has 90 valence electrons. The van der Waals surface area contributed by atoms with E-state index < -0.39 is 6.10 Å². The van der Waals surface area contributed by atoms with Gasteiger partial charge in [0.05, 0.1) is 13.2 Å². The summed E-state index contributed by atoms with van der Waals surface area (Å²) in [6.07, 6.45) is 1.35. The lowest BCUT2D eigenvalue weighted by molar-refractivity contribution is 0.155. The normalized spacial score (nSPS) is 12.9. The predicted octanol–water partition coefficient (Wildman–Crippen LogP) is 3.93. The predicted molar refractivity (Wildman–Crippen MR) is 69.7 cm³/mol. The maximum atomic E-state index is 10.1. The summed E-state index contributed by atoms with van der Waals surface area (Å²) in [6.45, 7) is 4.32. The van der Waals surface area contributed by atoms with Crippen LogP contribution in [0.2, 0.25) is 0 Å². The van der Waals surface area contributed by atoms with Crippen LogP contribution in [-0.2, 0) is 0 Å². The highest BCUT2D eigenvalue weighted by Crippen LogP contribution is 2.31. The van der Waals surface area contributed by atoms with E-state index in [9.17, 15) is 5.11 Å². The lowest BCUT2D eigenvalue weighted by Crippen LogP contribution is -2.02. The van der Waals surface area contributed by atoms with E-state index in [0.29, 0.717) is 5.92 Å². The zero-order valence-corrected chi connectivity index (χ0v) is 11.6. The standard InChI is InChI=1S/C13H19BrO2/c1-9(2)4-7-12(15)11-6-5-10(14)8-13(11)16-3/h5-6,8-9,12,15H,4,7H2,1-3H3. The first-order chi connectivity index (χ1) is 7.54. The molecule has 3 heteroatoms. The summed E-state index contributed by atoms with van der Waals surface area (Å²) in [5.74, 6) is 1.35. The number of benzene rings is 1. The van der Waals surface area contributed by atoms with Crippen molar-refractivity contribution in [1.82, 2.24) is 0 Å². The molecule has 1 atom stereocenters. The highest BCUT2D eigenvalue weighted by atomic mass is 79.9. The fraction of sp³-hybridized carbons (Fsp3) is 0.538. The molecule has 2 nitrogen and oxygen atoms in total. The molecule has 1 aromatic carbocycles. The van der Waals surface area contributed by atoms with Crippen LogP contribution in [0.4, 0.5) is 0 Å². The number of aliphatic hydroxyl groups is 1. The summed E-state index contributed by atoms with van der Waals surface area (Å²) in [5.41, 5.74) is 0.867. The molecule has 0 bridgehead atoms. The zero-order valence-electron chi connectivity index (χ0n) is 10.0. The molecule has 0 aliphatic rings. The molecule has 0 spiro atoms. The van der Waals surface area contributed by atoms with Gasteiger partial charge in [-0.15, -0.1) is 0 Å². The minimum absolute atomic E-state index is 0.439. The van der Waals surface area contributed by atoms with Gasteiger partial charge >= 0.3 is 0 Å². The molecule has 1 N–H and O–H groups in total. The third-order valence-corrected chi connectivity index (χ3v) is 3.07. The van der Waals surface area contributed by atoms with Gasteiger partial charge in [0.1, 0.15) is 5.75 Å². The fourth-order valence-electron chi connectivity index (χ4n) is 1.61. The van der Waals surface area contributed by atoms with E-state index in [1.165, 1.54) is 0 Å². The van der Waals surface area contributed by atoms with Crippen LogP contribution >= 0.6 is 15.9 Å². The summed E-state index contributed by atoms with van der Waals surface area (Å²) < 4.78 is 6.23. The van der Waals surface area contributed by atoms with Crippen molar-refractivity contribution < 1.29 is 9.84 Å². The molecule has 0 aliphatic heterocycles. The third-order valence-electron chi connectivity index (χ3n) is 2.57. The van der Waals surface area contributed by atoms with Crippen molar-refractivity contribution in [3.8, 4) is 5.75 Å². The van der Waals surface area contributed by atoms with Crippen LogP contribution in [0, 0.1) is 5.92 Å². The molecular formula is C13H19BrO2. The maximum Gasteiger partial charge on any atom is 0.125 e. The molecule has 16 heavy (non-hydrogen) atoms. The van der Waals surface area contributed by atoms with Crippen molar-refractivity contribution in [3.05, 3.63) is 28.2 Å². The van der Waals surface area contributed by atoms with E-state index in [0.717, 1.165) is 28.6 Å². The van der Waals surface area contributed by atoms with Gasteiger partial charge < -0.3 is 9.84 Å². The van der Waals surface area contributed by atoms with Crippen LogP contribution in [0.5, 0.6) is 5.75 Å². The number of methoxy groups -OCH3 is 1. The molecule has 1 rings (SSSR count). The summed E-state index contributed by atoms with van der Waals surface area (Å²) >= 11 is 3.39. The lowest BCUT2D eigenvalue weighted by atomic mass is 9.99. The van der Waals surface area contributed by atoms with Gasteiger partial charge in [-0.1, -0.05) is 35.8 Å². The molecule has 0 radical (unpaired) electrons. The smallest absolute Gasteiger partial charge is 0.125 e. The monoisotopic (exact) mass is 286 g/mol. The van der Waals surface area contributed by atoms with E-state index >= 15 is 0 Å². The number of rotatable bonds is 5. The van der Waals surface area contributed by atoms with Crippen LogP contribution in [0.1, 0.15) is 38.4 Å². The number of hydrogen-bond donors (Lipinski definition) is 1. The Kier molecular flexibility index (Phi) is 5.29. The Morgan fingerprint density at radius 1 is 1.31 bits per heavy atom. The van der Waals surface area contributed by atoms with Crippen LogP contribution in [0.3, 0.4) is 0 Å². The Morgan fingerprint density at radius 3 is 2.56 bits per heavy atom. The van der Waals surface area contributed by atoms with Crippen molar-refractivity contribution in [3.63, 3.8) is 0 Å². The second-order valence-corrected chi connectivity index (χ2v) is 5.29. The Bertz CT molecular complexity index is 337. The molecule has 0 fully saturated rings. The molecule has 0 amide bonds. The highest BCUT2D eigenvalue weighted by Gasteiger charge is 2.13. The first kappa shape index (κ1) is 13.5. The van der Waals surface area contributed by atoms with Gasteiger partial charge in [-0.25, -0.2) is 0 Å². The van der Waals surface area contributed by atoms with E-state index in [1.54, 1.807) is 7.11 Å². The molecule has 1 aromatic rings. The SMILES string of the molecule is COc1cc(Br)ccc1C(O)CCC(C)C. The lowest BCUT2D eigenvalue weighted by Gasteiger charge is -2.16. The Balaban J connectivity index is 2.77. The average Bonchev–Trinajstić information content (AvgIpc) is 2.25. The van der Waals surface area contributed by atoms with E-state index in [2.05, 4.69) is 29.8 Å². The fourth-order valence-corrected chi connectivity index (χ4v) is 1.95. The first-order valence-corrected chi connectivity index (χ1v) is 6.35. The van der Waals surface area contributed by atoms with Crippen molar-refractivity contribution >= 4 is 15.9 Å². The Hall–Kier alpha value is -0.540. The summed E-state index contributed by atoms with van der Waals surface area (Å²) in [5, 5.41) is 10.1. The Labute approximate surface area is 106 Å². The molecule has 0 heterocycles. The zero-order chi connectivity index (χ0) is 12.1. The second-order valence-electron chi connectivity index (χ2n) is 4.37. The van der Waals surface area contributed by atoms with Crippen LogP contribution < -0.4 is 4.74 Å². The molecule has 1 unspecified atom stereocenters. The van der Waals surface area contributed by atoms with Gasteiger partial charge in [0.2, 0.25) is 0 Å². The Morgan fingerprint density at radius 2 is 2.00 bits per heavy atom. The van der Waals surface area contributed by atoms with Crippen molar-refractivity contribution in [2.75, 3.05) is 7.11 Å². The van der Waals surface area contributed by atoms with Gasteiger partial charge in [0, 0.05) is 10.0 Å². The number of aliphatic hydroxyl groups excluding tert-OH is 1. The van der Waals surface area contributed by atoms with Gasteiger partial charge in [0.25, 0.3) is 0 Å². The third kappa shape index (κ3) is 3.80. The second kappa shape index (κ2) is 6.26. The topological polar surface area (TPSA) is 29.5 Å². The summed E-state index contributed by atoms with van der Waals surface area (Å²) in [6, 6.07) is 5.72. The van der Waals surface area contributed by atoms with E-state index in [4.69, 9.17) is 4.74 Å². The minimum atomic E-state index is -0.439. The average molecular weight is 287 g/mol. The quantitative estimate of drug-likeness (QED) is 0.889. The molecule has 0 aliphatic carbocycles. The van der Waals surface area contributed by atoms with Gasteiger partial charge in [-0.05, 0) is 30.9 Å². The van der Waals surface area contributed by atoms with Crippen molar-refractivity contribution in [2.24, 2.45) is 5.92 Å². The molecule has 0 saturated heterocycles. The number of hydrogen-bond acceptors (Lipinski definition) is 2. The number of halogens is 1. The van der Waals surface area contributed by atoms with Crippen molar-refractivity contribution in [2.45, 2.75) is 32.8 Å². The van der Waals surface area contributed by atoms with Gasteiger partial charge in [0.15, 0.2) is 0 Å². The molecule has 0 saturated carbocycles. The maximum absolute atomic E-state index is 10.1. The summed E-state index contributed by atoms with van der Waals surface area (Å²) in [4.78, 5) is 0. The van der Waals surface area contributed by atoms with E-state index in [-0.39, 0.29) is 0 Å². The van der Waals surface area contributed by atoms with Crippen LogP contribution in [-0.4, -0.2) is 12.2 Å². The van der Waals surface area contributed by atoms with Crippen LogP contribution in [0.15, 0.2) is 22.7 Å². The number of ether oxygens (including phenoxy) is 1.